The van der Waals surface area contributed by atoms with E-state index in [1.807, 2.05) is 0 Å². The van der Waals surface area contributed by atoms with Gasteiger partial charge in [-0.15, -0.1) is 47.0 Å². The predicted molar refractivity (Wildman–Crippen MR) is 71.2 cm³/mol. The molecule has 0 bridgehead atoms. The smallest absolute Gasteiger partial charge is 0.0513 e. The van der Waals surface area contributed by atoms with Crippen molar-refractivity contribution in [3.63, 3.8) is 0 Å². The van der Waals surface area contributed by atoms with Gasteiger partial charge in [0.25, 0.3) is 0 Å². The van der Waals surface area contributed by atoms with E-state index >= 15 is 0 Å². The van der Waals surface area contributed by atoms with Gasteiger partial charge < -0.3 is 0 Å². The van der Waals surface area contributed by atoms with Gasteiger partial charge in [-0.25, -0.2) is 0 Å². The van der Waals surface area contributed by atoms with Gasteiger partial charge in [-0.3, -0.25) is 0 Å². The third-order valence-electron chi connectivity index (χ3n) is 2.22. The monoisotopic (exact) mass is 252 g/mol. The third kappa shape index (κ3) is 3.47. The van der Waals surface area contributed by atoms with Crippen molar-refractivity contribution in [1.29, 1.82) is 0 Å². The predicted octanol–water partition coefficient (Wildman–Crippen LogP) is 3.77. The SMILES string of the molecule is CC(CSC1CCS1)SC1CCS1. The molecule has 13 heavy (non-hydrogen) atoms. The molecule has 2 rings (SSSR count). The zero-order chi connectivity index (χ0) is 9.10. The van der Waals surface area contributed by atoms with Crippen LogP contribution in [0.15, 0.2) is 0 Å². The molecule has 2 aliphatic rings. The molecular formula is C9H16S4. The summed E-state index contributed by atoms with van der Waals surface area (Å²) in [6.45, 7) is 2.39. The highest BCUT2D eigenvalue weighted by Gasteiger charge is 2.23. The van der Waals surface area contributed by atoms with Crippen LogP contribution in [0.25, 0.3) is 0 Å². The second-order valence-electron chi connectivity index (χ2n) is 3.46. The lowest BCUT2D eigenvalue weighted by Crippen LogP contribution is -2.18. The summed E-state index contributed by atoms with van der Waals surface area (Å²) < 4.78 is 1.88. The van der Waals surface area contributed by atoms with E-state index in [0.717, 1.165) is 14.4 Å². The Kier molecular flexibility index (Phi) is 4.59. The molecule has 4 heteroatoms. The van der Waals surface area contributed by atoms with Crippen LogP contribution < -0.4 is 0 Å². The van der Waals surface area contributed by atoms with Gasteiger partial charge in [0.1, 0.15) is 0 Å². The molecule has 0 spiro atoms. The van der Waals surface area contributed by atoms with E-state index in [1.54, 1.807) is 0 Å². The highest BCUT2D eigenvalue weighted by atomic mass is 32.2. The van der Waals surface area contributed by atoms with Crippen molar-refractivity contribution in [2.75, 3.05) is 17.3 Å². The summed E-state index contributed by atoms with van der Waals surface area (Å²) in [6.07, 6.45) is 2.90. The van der Waals surface area contributed by atoms with Crippen LogP contribution in [0.1, 0.15) is 19.8 Å². The molecule has 2 saturated heterocycles. The Labute approximate surface area is 98.1 Å². The van der Waals surface area contributed by atoms with Crippen LogP contribution in [0, 0.1) is 0 Å². The van der Waals surface area contributed by atoms with Gasteiger partial charge in [-0.1, -0.05) is 6.92 Å². The van der Waals surface area contributed by atoms with Crippen molar-refractivity contribution < 1.29 is 0 Å². The summed E-state index contributed by atoms with van der Waals surface area (Å²) in [6, 6.07) is 0. The quantitative estimate of drug-likeness (QED) is 0.730. The van der Waals surface area contributed by atoms with Crippen LogP contribution in [-0.4, -0.2) is 31.7 Å². The first kappa shape index (κ1) is 10.9. The first-order chi connectivity index (χ1) is 6.34. The summed E-state index contributed by atoms with van der Waals surface area (Å²) >= 11 is 8.65. The van der Waals surface area contributed by atoms with Crippen molar-refractivity contribution in [3.05, 3.63) is 0 Å². The van der Waals surface area contributed by atoms with Gasteiger partial charge >= 0.3 is 0 Å². The Morgan fingerprint density at radius 3 is 2.31 bits per heavy atom. The first-order valence-electron chi connectivity index (χ1n) is 4.85. The molecule has 2 fully saturated rings. The van der Waals surface area contributed by atoms with Crippen LogP contribution in [0.4, 0.5) is 0 Å². The molecule has 0 saturated carbocycles. The number of rotatable bonds is 5. The lowest BCUT2D eigenvalue weighted by atomic mass is 10.5. The second kappa shape index (κ2) is 5.47. The van der Waals surface area contributed by atoms with E-state index < -0.39 is 0 Å². The molecule has 0 N–H and O–H groups in total. The fourth-order valence-corrected chi connectivity index (χ4v) is 6.58. The van der Waals surface area contributed by atoms with Gasteiger partial charge in [-0.2, -0.15) is 0 Å². The van der Waals surface area contributed by atoms with E-state index in [2.05, 4.69) is 54.0 Å². The molecule has 0 aromatic carbocycles. The molecule has 0 nitrogen and oxygen atoms in total. The van der Waals surface area contributed by atoms with E-state index in [9.17, 15) is 0 Å². The van der Waals surface area contributed by atoms with Crippen LogP contribution in [0.5, 0.6) is 0 Å². The average Bonchev–Trinajstić information content (AvgIpc) is 1.94. The molecule has 76 valence electrons. The van der Waals surface area contributed by atoms with Crippen LogP contribution >= 0.6 is 47.0 Å². The average molecular weight is 252 g/mol. The summed E-state index contributed by atoms with van der Waals surface area (Å²) in [5.74, 6) is 4.16. The summed E-state index contributed by atoms with van der Waals surface area (Å²) in [5, 5.41) is 0.865. The lowest BCUT2D eigenvalue weighted by molar-refractivity contribution is 0.985. The lowest BCUT2D eigenvalue weighted by Gasteiger charge is -2.29. The molecule has 3 unspecified atom stereocenters. The zero-order valence-electron chi connectivity index (χ0n) is 7.90. The van der Waals surface area contributed by atoms with Crippen molar-refractivity contribution in [2.24, 2.45) is 0 Å². The Morgan fingerprint density at radius 1 is 1.23 bits per heavy atom. The summed E-state index contributed by atoms with van der Waals surface area (Å²) in [4.78, 5) is 0. The maximum atomic E-state index is 2.39. The van der Waals surface area contributed by atoms with Crippen molar-refractivity contribution in [1.82, 2.24) is 0 Å². The number of thioether (sulfide) groups is 4. The van der Waals surface area contributed by atoms with Gasteiger partial charge in [0.15, 0.2) is 0 Å². The van der Waals surface area contributed by atoms with Crippen molar-refractivity contribution in [3.8, 4) is 0 Å². The van der Waals surface area contributed by atoms with E-state index in [-0.39, 0.29) is 0 Å². The van der Waals surface area contributed by atoms with Crippen LogP contribution in [0.3, 0.4) is 0 Å². The number of hydrogen-bond acceptors (Lipinski definition) is 4. The second-order valence-corrected chi connectivity index (χ2v) is 9.56. The normalized spacial score (nSPS) is 34.8. The standard InChI is InChI=1S/C9H16S4/c1-7(13-9-3-5-11-9)6-12-8-2-4-10-8/h7-9H,2-6H2,1H3. The fourth-order valence-electron chi connectivity index (χ4n) is 1.21. The minimum atomic E-state index is 0.865. The van der Waals surface area contributed by atoms with Gasteiger partial charge in [-0.05, 0) is 24.3 Å². The molecule has 3 atom stereocenters. The molecule has 2 aliphatic heterocycles. The topological polar surface area (TPSA) is 0 Å². The van der Waals surface area contributed by atoms with Gasteiger partial charge in [0.05, 0.1) is 9.16 Å². The maximum absolute atomic E-state index is 2.39. The molecule has 0 radical (unpaired) electrons. The maximum Gasteiger partial charge on any atom is 0.0513 e. The summed E-state index contributed by atoms with van der Waals surface area (Å²) in [7, 11) is 0. The Balaban J connectivity index is 1.52. The molecule has 0 aliphatic carbocycles. The Bertz CT molecular complexity index is 154. The zero-order valence-corrected chi connectivity index (χ0v) is 11.2. The first-order valence-corrected chi connectivity index (χ1v) is 8.94. The van der Waals surface area contributed by atoms with Crippen molar-refractivity contribution >= 4 is 47.0 Å². The Hall–Kier alpha value is 1.40. The van der Waals surface area contributed by atoms with Gasteiger partial charge in [0, 0.05) is 11.0 Å². The Morgan fingerprint density at radius 2 is 1.85 bits per heavy atom. The molecule has 0 amide bonds. The largest absolute Gasteiger partial charge is 0.148 e. The third-order valence-corrected chi connectivity index (χ3v) is 8.61. The van der Waals surface area contributed by atoms with E-state index in [0.29, 0.717) is 0 Å². The molecular weight excluding hydrogens is 236 g/mol. The number of hydrogen-bond donors (Lipinski definition) is 0. The fraction of sp³-hybridized carbons (Fsp3) is 1.00. The minimum Gasteiger partial charge on any atom is -0.148 e. The highest BCUT2D eigenvalue weighted by Crippen LogP contribution is 2.42. The van der Waals surface area contributed by atoms with Crippen LogP contribution in [0.2, 0.25) is 0 Å². The molecule has 0 aromatic heterocycles. The van der Waals surface area contributed by atoms with E-state index in [4.69, 9.17) is 0 Å². The minimum absolute atomic E-state index is 0.865. The summed E-state index contributed by atoms with van der Waals surface area (Å²) in [5.41, 5.74) is 0. The van der Waals surface area contributed by atoms with Crippen molar-refractivity contribution in [2.45, 2.75) is 34.2 Å². The highest BCUT2D eigenvalue weighted by molar-refractivity contribution is 8.20. The van der Waals surface area contributed by atoms with Gasteiger partial charge in [0.2, 0.25) is 0 Å². The molecule has 0 aromatic rings. The molecule has 2 heterocycles. The van der Waals surface area contributed by atoms with Crippen LogP contribution in [-0.2, 0) is 0 Å². The van der Waals surface area contributed by atoms with E-state index in [1.165, 1.54) is 30.1 Å².